The number of aromatic amines is 2. The number of aryl methyl sites for hydroxylation is 3. The molecule has 0 aliphatic rings. The summed E-state index contributed by atoms with van der Waals surface area (Å²) in [6, 6.07) is 5.13. The molecule has 22 heavy (non-hydrogen) atoms. The van der Waals surface area contributed by atoms with Crippen molar-refractivity contribution in [2.24, 2.45) is 0 Å². The smallest absolute Gasteiger partial charge is 0.326 e. The van der Waals surface area contributed by atoms with Crippen molar-refractivity contribution in [1.82, 2.24) is 15.0 Å². The summed E-state index contributed by atoms with van der Waals surface area (Å²) < 4.78 is 0. The summed E-state index contributed by atoms with van der Waals surface area (Å²) in [5.41, 5.74) is 3.56. The lowest BCUT2D eigenvalue weighted by molar-refractivity contribution is 0.474. The van der Waals surface area contributed by atoms with E-state index < -0.39 is 11.2 Å². The van der Waals surface area contributed by atoms with Gasteiger partial charge in [0.15, 0.2) is 5.52 Å². The summed E-state index contributed by atoms with van der Waals surface area (Å²) in [4.78, 5) is 32.6. The van der Waals surface area contributed by atoms with Gasteiger partial charge in [-0.15, -0.1) is 0 Å². The number of hydrogen-bond acceptors (Lipinski definition) is 4. The fourth-order valence-corrected chi connectivity index (χ4v) is 2.77. The first-order valence-corrected chi connectivity index (χ1v) is 6.81. The monoisotopic (exact) mass is 297 g/mol. The van der Waals surface area contributed by atoms with Crippen LogP contribution in [0.2, 0.25) is 0 Å². The second-order valence-electron chi connectivity index (χ2n) is 5.41. The number of pyridine rings is 1. The van der Waals surface area contributed by atoms with Gasteiger partial charge in [0.2, 0.25) is 0 Å². The minimum Gasteiger partial charge on any atom is -0.508 e. The van der Waals surface area contributed by atoms with Crippen LogP contribution in [0.15, 0.2) is 27.8 Å². The summed E-state index contributed by atoms with van der Waals surface area (Å²) in [6.45, 7) is 5.56. The number of fused-ring (bicyclic) bond motifs is 1. The topological polar surface area (TPSA) is 98.8 Å². The molecule has 0 bridgehead atoms. The SMILES string of the molecule is Cc1cc(O)cc(C)c1-c1cc(C)c2[nH]c(=O)[nH]c(=O)c2n1. The molecule has 6 nitrogen and oxygen atoms in total. The van der Waals surface area contributed by atoms with Gasteiger partial charge < -0.3 is 10.1 Å². The molecule has 3 rings (SSSR count). The third-order valence-corrected chi connectivity index (χ3v) is 3.67. The third kappa shape index (κ3) is 2.18. The first-order valence-electron chi connectivity index (χ1n) is 6.81. The molecule has 0 saturated carbocycles. The number of rotatable bonds is 1. The Bertz CT molecular complexity index is 992. The van der Waals surface area contributed by atoms with Crippen LogP contribution in [0.5, 0.6) is 5.75 Å². The Labute approximate surface area is 125 Å². The second kappa shape index (κ2) is 4.84. The van der Waals surface area contributed by atoms with Crippen LogP contribution in [-0.4, -0.2) is 20.1 Å². The van der Waals surface area contributed by atoms with E-state index in [2.05, 4.69) is 15.0 Å². The summed E-state index contributed by atoms with van der Waals surface area (Å²) in [5.74, 6) is 0.193. The zero-order valence-electron chi connectivity index (χ0n) is 12.4. The van der Waals surface area contributed by atoms with Gasteiger partial charge in [0.25, 0.3) is 5.56 Å². The highest BCUT2D eigenvalue weighted by Gasteiger charge is 2.13. The number of hydrogen-bond donors (Lipinski definition) is 3. The molecule has 2 aromatic heterocycles. The lowest BCUT2D eigenvalue weighted by Gasteiger charge is -2.12. The average Bonchev–Trinajstić information content (AvgIpc) is 2.39. The van der Waals surface area contributed by atoms with E-state index in [1.807, 2.05) is 26.8 Å². The number of H-pyrrole nitrogens is 2. The molecule has 1 aromatic carbocycles. The van der Waals surface area contributed by atoms with Crippen LogP contribution in [0.25, 0.3) is 22.3 Å². The van der Waals surface area contributed by atoms with Crippen molar-refractivity contribution in [3.63, 3.8) is 0 Å². The summed E-state index contributed by atoms with van der Waals surface area (Å²) in [5, 5.41) is 9.65. The van der Waals surface area contributed by atoms with E-state index in [-0.39, 0.29) is 11.3 Å². The van der Waals surface area contributed by atoms with Gasteiger partial charge in [0.05, 0.1) is 11.2 Å². The largest absolute Gasteiger partial charge is 0.508 e. The van der Waals surface area contributed by atoms with Crippen LogP contribution in [0.1, 0.15) is 16.7 Å². The predicted molar refractivity (Wildman–Crippen MR) is 84.3 cm³/mol. The highest BCUT2D eigenvalue weighted by molar-refractivity contribution is 5.82. The van der Waals surface area contributed by atoms with Crippen molar-refractivity contribution in [2.45, 2.75) is 20.8 Å². The molecule has 0 aliphatic heterocycles. The van der Waals surface area contributed by atoms with Gasteiger partial charge in [-0.3, -0.25) is 9.78 Å². The highest BCUT2D eigenvalue weighted by Crippen LogP contribution is 2.30. The normalized spacial score (nSPS) is 11.0. The van der Waals surface area contributed by atoms with Gasteiger partial charge in [0, 0.05) is 5.56 Å². The van der Waals surface area contributed by atoms with Crippen LogP contribution >= 0.6 is 0 Å². The molecule has 0 radical (unpaired) electrons. The fourth-order valence-electron chi connectivity index (χ4n) is 2.77. The van der Waals surface area contributed by atoms with Crippen LogP contribution in [0.4, 0.5) is 0 Å². The standard InChI is InChI=1S/C16H15N3O3/c1-7-4-10(20)5-8(2)12(7)11-6-9(3)13-14(17-11)15(21)19-16(22)18-13/h4-6,20H,1-3H3,(H2,18,19,21,22). The summed E-state index contributed by atoms with van der Waals surface area (Å²) in [6.07, 6.45) is 0. The average molecular weight is 297 g/mol. The number of nitrogens with zero attached hydrogens (tertiary/aromatic N) is 1. The Kier molecular flexibility index (Phi) is 3.09. The van der Waals surface area contributed by atoms with E-state index in [0.717, 1.165) is 22.3 Å². The number of aromatic nitrogens is 3. The fraction of sp³-hybridized carbons (Fsp3) is 0.188. The van der Waals surface area contributed by atoms with Crippen molar-refractivity contribution < 1.29 is 5.11 Å². The first kappa shape index (κ1) is 14.1. The van der Waals surface area contributed by atoms with Gasteiger partial charge in [0.1, 0.15) is 5.75 Å². The Balaban J connectivity index is 2.39. The molecule has 0 atom stereocenters. The maximum absolute atomic E-state index is 12.0. The van der Waals surface area contributed by atoms with Crippen LogP contribution in [0.3, 0.4) is 0 Å². The second-order valence-corrected chi connectivity index (χ2v) is 5.41. The number of aromatic hydroxyl groups is 1. The first-order chi connectivity index (χ1) is 10.4. The summed E-state index contributed by atoms with van der Waals surface area (Å²) >= 11 is 0. The van der Waals surface area contributed by atoms with Gasteiger partial charge >= 0.3 is 5.69 Å². The zero-order chi connectivity index (χ0) is 16.0. The molecule has 0 amide bonds. The maximum atomic E-state index is 12.0. The van der Waals surface area contributed by atoms with Gasteiger partial charge in [-0.2, -0.15) is 0 Å². The van der Waals surface area contributed by atoms with E-state index >= 15 is 0 Å². The number of benzene rings is 1. The molecule has 0 unspecified atom stereocenters. The molecule has 6 heteroatoms. The minimum absolute atomic E-state index is 0.193. The Morgan fingerprint density at radius 2 is 1.59 bits per heavy atom. The Hall–Kier alpha value is -2.89. The minimum atomic E-state index is -0.549. The number of phenolic OH excluding ortho intramolecular Hbond substituents is 1. The molecular formula is C16H15N3O3. The van der Waals surface area contributed by atoms with Crippen molar-refractivity contribution in [3.8, 4) is 17.0 Å². The van der Waals surface area contributed by atoms with Gasteiger partial charge in [-0.1, -0.05) is 0 Å². The van der Waals surface area contributed by atoms with Crippen LogP contribution < -0.4 is 11.2 Å². The van der Waals surface area contributed by atoms with Gasteiger partial charge in [-0.05, 0) is 55.7 Å². The molecule has 0 fully saturated rings. The van der Waals surface area contributed by atoms with Crippen LogP contribution in [-0.2, 0) is 0 Å². The van der Waals surface area contributed by atoms with Crippen LogP contribution in [0, 0.1) is 20.8 Å². The highest BCUT2D eigenvalue weighted by atomic mass is 16.3. The quantitative estimate of drug-likeness (QED) is 0.639. The van der Waals surface area contributed by atoms with E-state index in [4.69, 9.17) is 0 Å². The molecule has 2 heterocycles. The molecule has 3 N–H and O–H groups in total. The Morgan fingerprint density at radius 1 is 0.955 bits per heavy atom. The lowest BCUT2D eigenvalue weighted by atomic mass is 9.98. The molecule has 0 aliphatic carbocycles. The lowest BCUT2D eigenvalue weighted by Crippen LogP contribution is -2.23. The van der Waals surface area contributed by atoms with E-state index in [1.54, 1.807) is 12.1 Å². The van der Waals surface area contributed by atoms with E-state index in [0.29, 0.717) is 11.2 Å². The number of nitrogens with one attached hydrogen (secondary N) is 2. The molecule has 0 spiro atoms. The number of phenols is 1. The zero-order valence-corrected chi connectivity index (χ0v) is 12.4. The molecule has 3 aromatic rings. The van der Waals surface area contributed by atoms with Crippen molar-refractivity contribution in [2.75, 3.05) is 0 Å². The predicted octanol–water partition coefficient (Wildman–Crippen LogP) is 1.91. The molecule has 0 saturated heterocycles. The van der Waals surface area contributed by atoms with Crippen molar-refractivity contribution >= 4 is 11.0 Å². The Morgan fingerprint density at radius 3 is 2.23 bits per heavy atom. The maximum Gasteiger partial charge on any atom is 0.326 e. The van der Waals surface area contributed by atoms with E-state index in [9.17, 15) is 14.7 Å². The third-order valence-electron chi connectivity index (χ3n) is 3.67. The summed E-state index contributed by atoms with van der Waals surface area (Å²) in [7, 11) is 0. The van der Waals surface area contributed by atoms with Crippen molar-refractivity contribution in [3.05, 3.63) is 55.7 Å². The molecule has 112 valence electrons. The van der Waals surface area contributed by atoms with Gasteiger partial charge in [-0.25, -0.2) is 9.78 Å². The van der Waals surface area contributed by atoms with E-state index in [1.165, 1.54) is 0 Å². The van der Waals surface area contributed by atoms with Crippen molar-refractivity contribution in [1.29, 1.82) is 0 Å². The molecular weight excluding hydrogens is 282 g/mol.